The summed E-state index contributed by atoms with van der Waals surface area (Å²) in [6.45, 7) is 4.86. The van der Waals surface area contributed by atoms with Gasteiger partial charge in [-0.3, -0.25) is 5.41 Å². The van der Waals surface area contributed by atoms with Gasteiger partial charge in [0.25, 0.3) is 0 Å². The second kappa shape index (κ2) is 6.19. The van der Waals surface area contributed by atoms with E-state index in [2.05, 4.69) is 4.98 Å². The Morgan fingerprint density at radius 2 is 2.00 bits per heavy atom. The van der Waals surface area contributed by atoms with Gasteiger partial charge in [0.15, 0.2) is 0 Å². The second-order valence-electron chi connectivity index (χ2n) is 3.10. The standard InChI is InChI=1S/C11H17N3O2/c1-3-15-11(16-4-2)9-7-5-6-8(14-9)10(12)13/h5-7,11H,3-4H2,1-2H3,(H3,12,13). The Bertz CT molecular complexity index is 349. The first kappa shape index (κ1) is 12.6. The fraction of sp³-hybridized carbons (Fsp3) is 0.455. The molecule has 0 atom stereocenters. The number of pyridine rings is 1. The maximum absolute atomic E-state index is 7.31. The lowest BCUT2D eigenvalue weighted by atomic mass is 10.3. The first-order chi connectivity index (χ1) is 7.69. The van der Waals surface area contributed by atoms with E-state index in [-0.39, 0.29) is 5.84 Å². The maximum atomic E-state index is 7.31. The Morgan fingerprint density at radius 3 is 2.50 bits per heavy atom. The van der Waals surface area contributed by atoms with E-state index in [0.717, 1.165) is 0 Å². The van der Waals surface area contributed by atoms with Gasteiger partial charge >= 0.3 is 0 Å². The van der Waals surface area contributed by atoms with E-state index in [1.165, 1.54) is 0 Å². The molecule has 1 aromatic rings. The van der Waals surface area contributed by atoms with E-state index in [4.69, 9.17) is 20.6 Å². The van der Waals surface area contributed by atoms with Crippen LogP contribution in [-0.2, 0) is 9.47 Å². The number of hydrogen-bond acceptors (Lipinski definition) is 4. The minimum atomic E-state index is -0.491. The fourth-order valence-corrected chi connectivity index (χ4v) is 1.25. The van der Waals surface area contributed by atoms with Crippen LogP contribution in [0.1, 0.15) is 31.5 Å². The molecule has 1 heterocycles. The molecule has 5 heteroatoms. The summed E-state index contributed by atoms with van der Waals surface area (Å²) in [6.07, 6.45) is -0.491. The maximum Gasteiger partial charge on any atom is 0.201 e. The van der Waals surface area contributed by atoms with Crippen LogP contribution in [0.3, 0.4) is 0 Å². The highest BCUT2D eigenvalue weighted by Gasteiger charge is 2.13. The van der Waals surface area contributed by atoms with Gasteiger partial charge in [0, 0.05) is 13.2 Å². The van der Waals surface area contributed by atoms with Gasteiger partial charge in [-0.2, -0.15) is 0 Å². The van der Waals surface area contributed by atoms with Crippen LogP contribution in [0, 0.1) is 5.41 Å². The molecule has 0 bridgehead atoms. The predicted octanol–water partition coefficient (Wildman–Crippen LogP) is 1.44. The van der Waals surface area contributed by atoms with Crippen molar-refractivity contribution in [1.29, 1.82) is 5.41 Å². The number of aromatic nitrogens is 1. The van der Waals surface area contributed by atoms with Gasteiger partial charge in [-0.05, 0) is 26.0 Å². The third-order valence-electron chi connectivity index (χ3n) is 1.92. The van der Waals surface area contributed by atoms with Crippen LogP contribution in [0.15, 0.2) is 18.2 Å². The number of hydrogen-bond donors (Lipinski definition) is 2. The molecule has 1 aromatic heterocycles. The summed E-state index contributed by atoms with van der Waals surface area (Å²) in [5.74, 6) is -0.0615. The molecule has 0 radical (unpaired) electrons. The predicted molar refractivity (Wildman–Crippen MR) is 61.2 cm³/mol. The summed E-state index contributed by atoms with van der Waals surface area (Å²) < 4.78 is 10.8. The monoisotopic (exact) mass is 223 g/mol. The van der Waals surface area contributed by atoms with Crippen molar-refractivity contribution in [2.75, 3.05) is 13.2 Å². The molecule has 88 valence electrons. The molecule has 0 aliphatic rings. The average molecular weight is 223 g/mol. The van der Waals surface area contributed by atoms with Crippen molar-refractivity contribution in [2.24, 2.45) is 5.73 Å². The van der Waals surface area contributed by atoms with E-state index < -0.39 is 6.29 Å². The molecule has 0 unspecified atom stereocenters. The summed E-state index contributed by atoms with van der Waals surface area (Å²) in [7, 11) is 0. The Hall–Kier alpha value is -1.46. The van der Waals surface area contributed by atoms with Crippen molar-refractivity contribution in [3.63, 3.8) is 0 Å². The van der Waals surface area contributed by atoms with E-state index in [1.54, 1.807) is 18.2 Å². The van der Waals surface area contributed by atoms with E-state index in [0.29, 0.717) is 24.6 Å². The highest BCUT2D eigenvalue weighted by molar-refractivity contribution is 5.92. The zero-order chi connectivity index (χ0) is 12.0. The zero-order valence-corrected chi connectivity index (χ0v) is 9.56. The fourth-order valence-electron chi connectivity index (χ4n) is 1.25. The van der Waals surface area contributed by atoms with Crippen LogP contribution in [-0.4, -0.2) is 24.0 Å². The van der Waals surface area contributed by atoms with Gasteiger partial charge in [0.1, 0.15) is 11.5 Å². The summed E-state index contributed by atoms with van der Waals surface area (Å²) >= 11 is 0. The Morgan fingerprint density at radius 1 is 1.38 bits per heavy atom. The molecule has 5 nitrogen and oxygen atoms in total. The molecule has 0 aromatic carbocycles. The van der Waals surface area contributed by atoms with Crippen molar-refractivity contribution in [3.05, 3.63) is 29.6 Å². The third-order valence-corrected chi connectivity index (χ3v) is 1.92. The molecule has 0 saturated carbocycles. The van der Waals surface area contributed by atoms with Crippen LogP contribution in [0.5, 0.6) is 0 Å². The van der Waals surface area contributed by atoms with Gasteiger partial charge in [0.2, 0.25) is 6.29 Å². The summed E-state index contributed by atoms with van der Waals surface area (Å²) in [5, 5.41) is 7.31. The van der Waals surface area contributed by atoms with Crippen molar-refractivity contribution >= 4 is 5.84 Å². The summed E-state index contributed by atoms with van der Waals surface area (Å²) in [5.41, 5.74) is 6.44. The smallest absolute Gasteiger partial charge is 0.201 e. The Labute approximate surface area is 95.1 Å². The van der Waals surface area contributed by atoms with Gasteiger partial charge in [-0.25, -0.2) is 4.98 Å². The molecule has 3 N–H and O–H groups in total. The summed E-state index contributed by atoms with van der Waals surface area (Å²) in [6, 6.07) is 5.26. The van der Waals surface area contributed by atoms with Crippen LogP contribution in [0.2, 0.25) is 0 Å². The molecule has 0 spiro atoms. The Kier molecular flexibility index (Phi) is 4.88. The first-order valence-corrected chi connectivity index (χ1v) is 5.23. The van der Waals surface area contributed by atoms with Crippen molar-refractivity contribution < 1.29 is 9.47 Å². The Balaban J connectivity index is 2.90. The molecular formula is C11H17N3O2. The number of amidine groups is 1. The highest BCUT2D eigenvalue weighted by atomic mass is 16.7. The van der Waals surface area contributed by atoms with Crippen LogP contribution in [0.4, 0.5) is 0 Å². The van der Waals surface area contributed by atoms with Crippen LogP contribution >= 0.6 is 0 Å². The molecule has 0 fully saturated rings. The van der Waals surface area contributed by atoms with E-state index in [9.17, 15) is 0 Å². The number of rotatable bonds is 6. The molecular weight excluding hydrogens is 206 g/mol. The molecule has 16 heavy (non-hydrogen) atoms. The molecule has 1 rings (SSSR count). The average Bonchev–Trinajstić information content (AvgIpc) is 2.29. The number of ether oxygens (including phenoxy) is 2. The minimum absolute atomic E-state index is 0.0615. The summed E-state index contributed by atoms with van der Waals surface area (Å²) in [4.78, 5) is 4.21. The number of nitrogens with one attached hydrogen (secondary N) is 1. The number of nitrogens with zero attached hydrogens (tertiary/aromatic N) is 1. The van der Waals surface area contributed by atoms with Crippen molar-refractivity contribution in [2.45, 2.75) is 20.1 Å². The first-order valence-electron chi connectivity index (χ1n) is 5.23. The molecule has 0 aliphatic heterocycles. The number of nitrogen functional groups attached to an aromatic ring is 1. The SMILES string of the molecule is CCOC(OCC)c1cccc(C(=N)N)n1. The topological polar surface area (TPSA) is 81.2 Å². The van der Waals surface area contributed by atoms with Gasteiger partial charge < -0.3 is 15.2 Å². The largest absolute Gasteiger partial charge is 0.382 e. The second-order valence-corrected chi connectivity index (χ2v) is 3.10. The van der Waals surface area contributed by atoms with Crippen LogP contribution in [0.25, 0.3) is 0 Å². The zero-order valence-electron chi connectivity index (χ0n) is 9.56. The quantitative estimate of drug-likeness (QED) is 0.434. The number of nitrogens with two attached hydrogens (primary N) is 1. The van der Waals surface area contributed by atoms with E-state index >= 15 is 0 Å². The molecule has 0 aliphatic carbocycles. The minimum Gasteiger partial charge on any atom is -0.382 e. The van der Waals surface area contributed by atoms with Gasteiger partial charge in [-0.15, -0.1) is 0 Å². The molecule has 0 saturated heterocycles. The van der Waals surface area contributed by atoms with E-state index in [1.807, 2.05) is 13.8 Å². The van der Waals surface area contributed by atoms with Crippen LogP contribution < -0.4 is 5.73 Å². The lowest BCUT2D eigenvalue weighted by Gasteiger charge is -2.16. The van der Waals surface area contributed by atoms with Crippen molar-refractivity contribution in [3.8, 4) is 0 Å². The normalized spacial score (nSPS) is 10.7. The van der Waals surface area contributed by atoms with Crippen molar-refractivity contribution in [1.82, 2.24) is 4.98 Å². The third kappa shape index (κ3) is 3.29. The van der Waals surface area contributed by atoms with Gasteiger partial charge in [-0.1, -0.05) is 6.07 Å². The van der Waals surface area contributed by atoms with Gasteiger partial charge in [0.05, 0.1) is 5.69 Å². The lowest BCUT2D eigenvalue weighted by molar-refractivity contribution is -0.142. The lowest BCUT2D eigenvalue weighted by Crippen LogP contribution is -2.16. The highest BCUT2D eigenvalue weighted by Crippen LogP contribution is 2.16. The molecule has 0 amide bonds.